The van der Waals surface area contributed by atoms with Gasteiger partial charge in [-0.05, 0) is 125 Å². The molecular weight excluding hydrogens is 1670 g/mol. The summed E-state index contributed by atoms with van der Waals surface area (Å²) in [4.78, 5) is 81.4. The van der Waals surface area contributed by atoms with Crippen molar-refractivity contribution in [1.29, 1.82) is 21.0 Å². The predicted octanol–water partition coefficient (Wildman–Crippen LogP) is 9.12. The van der Waals surface area contributed by atoms with Crippen molar-refractivity contribution in [2.45, 2.75) is 89.4 Å². The zero-order chi connectivity index (χ0) is 90.2. The van der Waals surface area contributed by atoms with Crippen LogP contribution in [0.15, 0.2) is 146 Å². The number of carbonyl (C=O) groups is 4. The number of hydrogen-bond donors (Lipinski definition) is 6. The van der Waals surface area contributed by atoms with Crippen molar-refractivity contribution in [2.75, 3.05) is 118 Å². The van der Waals surface area contributed by atoms with Gasteiger partial charge in [0.05, 0.1) is 210 Å². The fourth-order valence-electron chi connectivity index (χ4n) is 18.1. The maximum Gasteiger partial charge on any atom is 0.255 e. The third-order valence-corrected chi connectivity index (χ3v) is 24.6. The molecule has 33 nitrogen and oxygen atoms in total. The van der Waals surface area contributed by atoms with Crippen LogP contribution in [0.3, 0.4) is 0 Å². The van der Waals surface area contributed by atoms with E-state index in [9.17, 15) is 68.0 Å². The van der Waals surface area contributed by atoms with Crippen molar-refractivity contribution in [2.24, 2.45) is 0 Å². The highest BCUT2D eigenvalue weighted by Gasteiger charge is 2.37. The first-order valence-electron chi connectivity index (χ1n) is 42.8. The number of anilines is 4. The first kappa shape index (κ1) is 85.7. The van der Waals surface area contributed by atoms with Gasteiger partial charge in [0, 0.05) is 134 Å². The second kappa shape index (κ2) is 36.3. The third kappa shape index (κ3) is 17.2. The highest BCUT2D eigenvalue weighted by Crippen LogP contribution is 2.39. The number of likely N-dealkylation sites (N-methyl/N-ethyl adjacent to an activating group) is 1. The topological polar surface area (TPSA) is 404 Å². The molecule has 0 saturated carbocycles. The molecule has 658 valence electrons. The number of ether oxygens (including phenoxy) is 1. The maximum atomic E-state index is 14.8. The molecule has 0 radical (unpaired) electrons. The van der Waals surface area contributed by atoms with Crippen LogP contribution in [-0.4, -0.2) is 219 Å². The molecule has 5 saturated heterocycles. The van der Waals surface area contributed by atoms with E-state index in [4.69, 9.17) is 14.9 Å². The number of hydrogen-bond acceptors (Lipinski definition) is 25. The number of halogens is 4. The number of amides is 4. The minimum atomic E-state index is -0.786. The zero-order valence-corrected chi connectivity index (χ0v) is 70.8. The first-order valence-corrected chi connectivity index (χ1v) is 42.8. The van der Waals surface area contributed by atoms with Crippen LogP contribution in [0, 0.1) is 68.6 Å². The van der Waals surface area contributed by atoms with E-state index in [1.165, 1.54) is 60.7 Å². The molecule has 0 spiro atoms. The number of morpholine rings is 1. The van der Waals surface area contributed by atoms with Crippen molar-refractivity contribution < 1.29 is 51.7 Å². The number of piperidine rings is 3. The molecule has 6 N–H and O–H groups in total. The van der Waals surface area contributed by atoms with Crippen molar-refractivity contribution >= 4 is 46.9 Å². The Morgan fingerprint density at radius 1 is 0.415 bits per heavy atom. The number of fused-ring (bicyclic) bond motifs is 4. The van der Waals surface area contributed by atoms with Gasteiger partial charge in [-0.25, -0.2) is 56.2 Å². The minimum absolute atomic E-state index is 0.0952. The summed E-state index contributed by atoms with van der Waals surface area (Å²) >= 11 is 0. The Bertz CT molecular complexity index is 6650. The lowest BCUT2D eigenvalue weighted by Crippen LogP contribution is -2.49. The summed E-state index contributed by atoms with van der Waals surface area (Å²) in [6, 6.07) is 39.9. The number of nitriles is 4. The SMILES string of the molecule is CN1CCN(c2ccn(-c3cc(-c4c(F)cccc4C#N)nc4c3C(=O)NC4)n2)CC1.C[C@]1(O)CCCN(c2ccn(-c3cc(-c4c(F)cccc4C#N)nc4c3C(=O)NC4)n2)C1.N#Cc1cccc(F)c1-c1cc(-n2ccc(N3CCC(N4CCOCC4)CC3)n2)c2c(n1)CNC2=O.N#Cc1cccc(F)c1-c1cc(-n2ccc(N3CCC[C@H](O)C3)n2)c2c(n1)CNC2=O. The number of aliphatic hydroxyl groups excluding tert-OH is 1. The number of nitrogens with zero attached hydrogens (tertiary/aromatic N) is 22. The van der Waals surface area contributed by atoms with Gasteiger partial charge in [-0.3, -0.25) is 24.1 Å². The molecule has 130 heavy (non-hydrogen) atoms. The Hall–Kier alpha value is -15.1. The van der Waals surface area contributed by atoms with Gasteiger partial charge < -0.3 is 60.7 Å². The van der Waals surface area contributed by atoms with Crippen LogP contribution in [0.1, 0.15) is 132 Å². The number of piperazine rings is 1. The average Bonchev–Trinajstić information content (AvgIpc) is 1.60. The summed E-state index contributed by atoms with van der Waals surface area (Å²) in [6.07, 6.45) is 12.0. The number of rotatable bonds is 13. The molecule has 0 aliphatic carbocycles. The van der Waals surface area contributed by atoms with E-state index >= 15 is 0 Å². The highest BCUT2D eigenvalue weighted by molar-refractivity contribution is 6.04. The second-order valence-electron chi connectivity index (χ2n) is 33.1. The number of nitrogens with one attached hydrogen (secondary N) is 4. The lowest BCUT2D eigenvalue weighted by molar-refractivity contribution is 0.0114. The molecule has 2 atom stereocenters. The Morgan fingerprint density at radius 2 is 0.746 bits per heavy atom. The highest BCUT2D eigenvalue weighted by atomic mass is 19.1. The lowest BCUT2D eigenvalue weighted by atomic mass is 9.95. The Balaban J connectivity index is 0.000000117. The number of pyridine rings is 4. The zero-order valence-electron chi connectivity index (χ0n) is 70.8. The van der Waals surface area contributed by atoms with Crippen molar-refractivity contribution in [3.63, 3.8) is 0 Å². The first-order chi connectivity index (χ1) is 63.1. The van der Waals surface area contributed by atoms with Crippen molar-refractivity contribution in [1.82, 2.24) is 90.1 Å². The fourth-order valence-corrected chi connectivity index (χ4v) is 18.1. The second-order valence-corrected chi connectivity index (χ2v) is 33.1. The van der Waals surface area contributed by atoms with E-state index in [0.29, 0.717) is 110 Å². The summed E-state index contributed by atoms with van der Waals surface area (Å²) in [5.74, 6) is -0.188. The van der Waals surface area contributed by atoms with Gasteiger partial charge >= 0.3 is 0 Å². The van der Waals surface area contributed by atoms with Gasteiger partial charge in [-0.2, -0.15) is 41.4 Å². The van der Waals surface area contributed by atoms with Gasteiger partial charge in [0.25, 0.3) is 23.6 Å². The molecular formula is C93H86F4N26O7. The van der Waals surface area contributed by atoms with Crippen LogP contribution in [-0.2, 0) is 30.9 Å². The van der Waals surface area contributed by atoms with Gasteiger partial charge in [-0.15, -0.1) is 0 Å². The summed E-state index contributed by atoms with van der Waals surface area (Å²) in [7, 11) is 2.09. The van der Waals surface area contributed by atoms with Crippen LogP contribution in [0.5, 0.6) is 0 Å². The molecule has 0 bridgehead atoms. The molecule has 0 unspecified atom stereocenters. The van der Waals surface area contributed by atoms with Gasteiger partial charge in [-0.1, -0.05) is 24.3 Å². The average molecular weight is 1760 g/mol. The van der Waals surface area contributed by atoms with Crippen molar-refractivity contribution in [3.8, 4) is 92.1 Å². The molecule has 9 aliphatic rings. The Labute approximate surface area is 742 Å². The van der Waals surface area contributed by atoms with Crippen molar-refractivity contribution in [3.05, 3.63) is 237 Å². The lowest BCUT2D eigenvalue weighted by Gasteiger charge is -2.40. The van der Waals surface area contributed by atoms with Gasteiger partial charge in [0.15, 0.2) is 23.3 Å². The molecule has 4 amide bonds. The summed E-state index contributed by atoms with van der Waals surface area (Å²) in [6.45, 7) is 14.3. The maximum absolute atomic E-state index is 14.8. The smallest absolute Gasteiger partial charge is 0.255 e. The number of aromatic nitrogens is 12. The van der Waals surface area contributed by atoms with Crippen LogP contribution >= 0.6 is 0 Å². The Kier molecular flexibility index (Phi) is 23.9. The summed E-state index contributed by atoms with van der Waals surface area (Å²) in [5.41, 5.74) is 7.07. The number of aliphatic hydroxyl groups is 2. The van der Waals surface area contributed by atoms with Crippen LogP contribution < -0.4 is 40.9 Å². The summed E-state index contributed by atoms with van der Waals surface area (Å²) < 4.78 is 70.7. The normalized spacial score (nSPS) is 18.2. The molecule has 17 heterocycles. The molecule has 5 fully saturated rings. The van der Waals surface area contributed by atoms with Crippen LogP contribution in [0.4, 0.5) is 40.8 Å². The molecule has 37 heteroatoms. The summed E-state index contributed by atoms with van der Waals surface area (Å²) in [5, 5.41) is 88.1. The molecule has 12 aromatic rings. The van der Waals surface area contributed by atoms with Crippen LogP contribution in [0.25, 0.3) is 67.8 Å². The molecule has 21 rings (SSSR count). The van der Waals surface area contributed by atoms with Crippen LogP contribution in [0.2, 0.25) is 0 Å². The van der Waals surface area contributed by atoms with E-state index in [1.54, 1.807) is 73.7 Å². The van der Waals surface area contributed by atoms with Gasteiger partial charge in [0.1, 0.15) is 23.3 Å². The fraction of sp³-hybridized carbons (Fsp3) is 0.312. The number of carbonyl (C=O) groups excluding carboxylic acids is 4. The molecule has 9 aliphatic heterocycles. The van der Waals surface area contributed by atoms with E-state index < -0.39 is 35.0 Å². The Morgan fingerprint density at radius 3 is 1.08 bits per heavy atom. The predicted molar refractivity (Wildman–Crippen MR) is 467 cm³/mol. The largest absolute Gasteiger partial charge is 0.391 e. The molecule has 8 aromatic heterocycles. The van der Waals surface area contributed by atoms with E-state index in [1.807, 2.05) is 71.5 Å². The van der Waals surface area contributed by atoms with Gasteiger partial charge in [0.2, 0.25) is 0 Å². The van der Waals surface area contributed by atoms with E-state index in [-0.39, 0.29) is 106 Å². The number of benzene rings is 4. The third-order valence-electron chi connectivity index (χ3n) is 24.6. The molecule has 4 aromatic carbocycles. The number of β-amino-alcohol motifs (C(OH)–C–C–N with tert-alkyl or cyclic N) is 2. The monoisotopic (exact) mass is 1750 g/mol. The van der Waals surface area contributed by atoms with E-state index in [0.717, 1.165) is 129 Å². The van der Waals surface area contributed by atoms with E-state index in [2.05, 4.69) is 78.0 Å². The quantitative estimate of drug-likeness (QED) is 0.0586. The minimum Gasteiger partial charge on any atom is -0.391 e. The standard InChI is InChI=1S/C26H26FN7O2.C23H21FN6O2.C22H20FN7O.C22H19FN6O2/c27-19-3-1-2-17(15-28)24(19)20-14-22(25-21(30-20)16-29-26(25)35)34-9-6-23(31-34)33-7-4-18(5-8-33)32-10-12-36-13-11-32;1-23(32)7-3-8-29(13-23)19-6-9-30(28-19)18-10-16(27-17-12-26-22(31)21(17)18)20-14(11-25)4-2-5-15(20)24;1-28-7-9-29(10-8-28)19-5-6-30(27-19)18-11-16(26-17-13-25-22(31)21(17)18)20-14(12-24)3-2-4-15(20)23;23-15-5-1-3-13(10-24)20(15)16-9-18(21-17(26-16)11-25-22(21)31)29-8-6-19(27-29)28-7-2-4-14(30)12-28/h1-3,6,9,14,18H,4-5,7-8,10-13,16H2,(H,29,35);2,4-6,9-10,32H,3,7-8,12-13H2,1H3,(H,26,31);2-6,11H,7-10,13H2,1H3,(H,25,31);1,3,5-6,8-9,14,30H,2,4,7,11-12H2,(H,25,31)/t;23-;;14-/m.0.0/s1.